The lowest BCUT2D eigenvalue weighted by Crippen LogP contribution is -2.44. The van der Waals surface area contributed by atoms with E-state index in [1.807, 2.05) is 25.1 Å². The van der Waals surface area contributed by atoms with Crippen molar-refractivity contribution in [3.8, 4) is 11.5 Å². The third-order valence-corrected chi connectivity index (χ3v) is 4.22. The van der Waals surface area contributed by atoms with Gasteiger partial charge in [-0.05, 0) is 31.0 Å². The third-order valence-electron chi connectivity index (χ3n) is 4.22. The van der Waals surface area contributed by atoms with Crippen molar-refractivity contribution in [3.63, 3.8) is 0 Å². The molecule has 1 N–H and O–H groups in total. The minimum absolute atomic E-state index is 0.182. The quantitative estimate of drug-likeness (QED) is 0.466. The molecule has 0 heterocycles. The van der Waals surface area contributed by atoms with E-state index in [1.54, 1.807) is 32.4 Å². The number of carbonyl (C=O) groups excluding carboxylic acids is 2. The monoisotopic (exact) mass is 345 g/mol. The largest absolute Gasteiger partial charge is 0.493 e. The van der Waals surface area contributed by atoms with E-state index in [2.05, 4.69) is 5.32 Å². The zero-order valence-electron chi connectivity index (χ0n) is 14.9. The van der Waals surface area contributed by atoms with Crippen molar-refractivity contribution < 1.29 is 23.8 Å². The van der Waals surface area contributed by atoms with Crippen LogP contribution in [0.1, 0.15) is 24.8 Å². The number of rotatable bonds is 7. The van der Waals surface area contributed by atoms with E-state index in [9.17, 15) is 9.59 Å². The average Bonchev–Trinajstić information content (AvgIpc) is 3.35. The first-order chi connectivity index (χ1) is 12.0. The van der Waals surface area contributed by atoms with Crippen LogP contribution in [-0.4, -0.2) is 38.7 Å². The van der Waals surface area contributed by atoms with Gasteiger partial charge in [-0.25, -0.2) is 4.79 Å². The Morgan fingerprint density at radius 3 is 2.48 bits per heavy atom. The molecule has 1 fully saturated rings. The predicted octanol–water partition coefficient (Wildman–Crippen LogP) is 2.35. The standard InChI is InChI=1S/C19H23NO5/c1-5-6-7-8-17(21)20-19(18(22)25-4)12-14(19)13-9-10-15(23-2)16(11-13)24-3/h5-11,14H,12H2,1-4H3,(H,20,21)/b6-5+,8-7+/t14-,19-/m0/s1. The fourth-order valence-corrected chi connectivity index (χ4v) is 2.85. The molecule has 6 heteroatoms. The van der Waals surface area contributed by atoms with Gasteiger partial charge in [0.1, 0.15) is 5.54 Å². The van der Waals surface area contributed by atoms with Crippen LogP contribution in [0.3, 0.4) is 0 Å². The number of carbonyl (C=O) groups is 2. The lowest BCUT2D eigenvalue weighted by atomic mass is 10.0. The lowest BCUT2D eigenvalue weighted by molar-refractivity contribution is -0.146. The number of hydrogen-bond acceptors (Lipinski definition) is 5. The van der Waals surface area contributed by atoms with Crippen molar-refractivity contribution in [2.45, 2.75) is 24.8 Å². The molecule has 2 rings (SSSR count). The van der Waals surface area contributed by atoms with E-state index in [0.29, 0.717) is 17.9 Å². The van der Waals surface area contributed by atoms with Crippen LogP contribution in [0.25, 0.3) is 0 Å². The summed E-state index contributed by atoms with van der Waals surface area (Å²) in [5.41, 5.74) is -0.174. The van der Waals surface area contributed by atoms with E-state index in [-0.39, 0.29) is 11.8 Å². The number of ether oxygens (including phenoxy) is 3. The highest BCUT2D eigenvalue weighted by Gasteiger charge is 2.62. The molecule has 25 heavy (non-hydrogen) atoms. The maximum Gasteiger partial charge on any atom is 0.332 e. The molecule has 0 bridgehead atoms. The molecule has 1 aliphatic carbocycles. The number of benzene rings is 1. The normalized spacial score (nSPS) is 22.0. The second kappa shape index (κ2) is 7.88. The average molecular weight is 345 g/mol. The molecule has 2 atom stereocenters. The predicted molar refractivity (Wildman–Crippen MR) is 93.7 cm³/mol. The van der Waals surface area contributed by atoms with Gasteiger partial charge >= 0.3 is 5.97 Å². The van der Waals surface area contributed by atoms with Gasteiger partial charge < -0.3 is 19.5 Å². The minimum Gasteiger partial charge on any atom is -0.493 e. The SMILES string of the molecule is C/C=C/C=C/C(=O)N[C@@]1(C(=O)OC)C[C@H]1c1ccc(OC)c(OC)c1. The van der Waals surface area contributed by atoms with E-state index < -0.39 is 11.5 Å². The van der Waals surface area contributed by atoms with Crippen LogP contribution in [0, 0.1) is 0 Å². The number of methoxy groups -OCH3 is 3. The van der Waals surface area contributed by atoms with Gasteiger partial charge in [-0.3, -0.25) is 4.79 Å². The molecule has 1 saturated carbocycles. The molecule has 0 saturated heterocycles. The highest BCUT2D eigenvalue weighted by Crippen LogP contribution is 2.53. The molecule has 0 radical (unpaired) electrons. The number of hydrogen-bond donors (Lipinski definition) is 1. The van der Waals surface area contributed by atoms with Crippen molar-refractivity contribution in [1.82, 2.24) is 5.32 Å². The van der Waals surface area contributed by atoms with Gasteiger partial charge in [-0.2, -0.15) is 0 Å². The maximum absolute atomic E-state index is 12.3. The first kappa shape index (κ1) is 18.6. The summed E-state index contributed by atoms with van der Waals surface area (Å²) in [4.78, 5) is 24.4. The van der Waals surface area contributed by atoms with Gasteiger partial charge in [-0.15, -0.1) is 0 Å². The third kappa shape index (κ3) is 3.84. The molecule has 134 valence electrons. The van der Waals surface area contributed by atoms with Crippen LogP contribution < -0.4 is 14.8 Å². The number of amides is 1. The Morgan fingerprint density at radius 1 is 1.16 bits per heavy atom. The fraction of sp³-hybridized carbons (Fsp3) is 0.368. The second-order valence-electron chi connectivity index (χ2n) is 5.71. The van der Waals surface area contributed by atoms with Gasteiger partial charge in [0.05, 0.1) is 21.3 Å². The van der Waals surface area contributed by atoms with E-state index in [4.69, 9.17) is 14.2 Å². The molecule has 1 aromatic carbocycles. The Balaban J connectivity index is 2.24. The molecule has 1 aliphatic rings. The first-order valence-corrected chi connectivity index (χ1v) is 7.94. The smallest absolute Gasteiger partial charge is 0.332 e. The van der Waals surface area contributed by atoms with Gasteiger partial charge in [0, 0.05) is 12.0 Å². The molecule has 6 nitrogen and oxygen atoms in total. The fourth-order valence-electron chi connectivity index (χ4n) is 2.85. The van der Waals surface area contributed by atoms with E-state index in [1.165, 1.54) is 13.2 Å². The molecule has 0 aliphatic heterocycles. The molecule has 1 aromatic rings. The lowest BCUT2D eigenvalue weighted by Gasteiger charge is -2.17. The van der Waals surface area contributed by atoms with Crippen molar-refractivity contribution in [2.24, 2.45) is 0 Å². The summed E-state index contributed by atoms with van der Waals surface area (Å²) in [6.45, 7) is 1.85. The van der Waals surface area contributed by atoms with Crippen LogP contribution in [0.15, 0.2) is 42.5 Å². The summed E-state index contributed by atoms with van der Waals surface area (Å²) in [7, 11) is 4.43. The van der Waals surface area contributed by atoms with Gasteiger partial charge in [0.25, 0.3) is 0 Å². The Morgan fingerprint density at radius 2 is 1.88 bits per heavy atom. The van der Waals surface area contributed by atoms with E-state index >= 15 is 0 Å². The zero-order valence-corrected chi connectivity index (χ0v) is 14.9. The summed E-state index contributed by atoms with van der Waals surface area (Å²) in [6, 6.07) is 5.46. The summed E-state index contributed by atoms with van der Waals surface area (Å²) in [5.74, 6) is 0.198. The van der Waals surface area contributed by atoms with Crippen molar-refractivity contribution in [3.05, 3.63) is 48.1 Å². The zero-order chi connectivity index (χ0) is 18.4. The number of nitrogens with one attached hydrogen (secondary N) is 1. The van der Waals surface area contributed by atoms with Gasteiger partial charge in [0.2, 0.25) is 5.91 Å². The topological polar surface area (TPSA) is 73.9 Å². The van der Waals surface area contributed by atoms with Crippen LogP contribution in [0.2, 0.25) is 0 Å². The summed E-state index contributed by atoms with van der Waals surface area (Å²) in [5, 5.41) is 2.79. The van der Waals surface area contributed by atoms with E-state index in [0.717, 1.165) is 5.56 Å². The minimum atomic E-state index is -1.05. The summed E-state index contributed by atoms with van der Waals surface area (Å²) >= 11 is 0. The van der Waals surface area contributed by atoms with Crippen molar-refractivity contribution >= 4 is 11.9 Å². The first-order valence-electron chi connectivity index (χ1n) is 7.94. The Hall–Kier alpha value is -2.76. The van der Waals surface area contributed by atoms with Crippen LogP contribution in [0.4, 0.5) is 0 Å². The van der Waals surface area contributed by atoms with Crippen LogP contribution in [-0.2, 0) is 14.3 Å². The van der Waals surface area contributed by atoms with Crippen molar-refractivity contribution in [1.29, 1.82) is 0 Å². The van der Waals surface area contributed by atoms with Crippen molar-refractivity contribution in [2.75, 3.05) is 21.3 Å². The molecular formula is C19H23NO5. The Labute approximate surface area is 147 Å². The number of esters is 1. The summed E-state index contributed by atoms with van der Waals surface area (Å²) < 4.78 is 15.4. The van der Waals surface area contributed by atoms with Crippen LogP contribution >= 0.6 is 0 Å². The molecule has 0 aromatic heterocycles. The Bertz CT molecular complexity index is 710. The summed E-state index contributed by atoms with van der Waals surface area (Å²) in [6.07, 6.45) is 7.02. The molecule has 0 spiro atoms. The molecule has 1 amide bonds. The molecular weight excluding hydrogens is 322 g/mol. The second-order valence-corrected chi connectivity index (χ2v) is 5.71. The van der Waals surface area contributed by atoms with Gasteiger partial charge in [0.15, 0.2) is 11.5 Å². The molecule has 0 unspecified atom stereocenters. The highest BCUT2D eigenvalue weighted by molar-refractivity contribution is 5.96. The number of allylic oxidation sites excluding steroid dienone is 3. The highest BCUT2D eigenvalue weighted by atomic mass is 16.5. The van der Waals surface area contributed by atoms with Gasteiger partial charge in [-0.1, -0.05) is 24.3 Å². The van der Waals surface area contributed by atoms with Crippen LogP contribution in [0.5, 0.6) is 11.5 Å². The Kier molecular flexibility index (Phi) is 5.85. The maximum atomic E-state index is 12.3.